The van der Waals surface area contributed by atoms with Crippen LogP contribution in [0.4, 0.5) is 15.8 Å². The Balaban J connectivity index is 1.96. The van der Waals surface area contributed by atoms with Crippen LogP contribution in [0.15, 0.2) is 47.5 Å². The number of amidine groups is 1. The number of hydrogen-bond acceptors (Lipinski definition) is 4. The second kappa shape index (κ2) is 5.83. The summed E-state index contributed by atoms with van der Waals surface area (Å²) in [5.41, 5.74) is 1.87. The van der Waals surface area contributed by atoms with Crippen LogP contribution >= 0.6 is 0 Å². The van der Waals surface area contributed by atoms with Gasteiger partial charge in [0.05, 0.1) is 11.3 Å². The van der Waals surface area contributed by atoms with Crippen molar-refractivity contribution >= 4 is 17.2 Å². The van der Waals surface area contributed by atoms with Crippen LogP contribution in [-0.4, -0.2) is 24.0 Å². The van der Waals surface area contributed by atoms with Crippen LogP contribution < -0.4 is 10.6 Å². The van der Waals surface area contributed by atoms with Crippen LogP contribution in [0, 0.1) is 5.82 Å². The van der Waals surface area contributed by atoms with E-state index < -0.39 is 0 Å². The number of benzene rings is 2. The lowest BCUT2D eigenvalue weighted by Crippen LogP contribution is -2.31. The van der Waals surface area contributed by atoms with E-state index in [1.54, 1.807) is 30.3 Å². The van der Waals surface area contributed by atoms with E-state index in [4.69, 9.17) is 0 Å². The number of phenols is 1. The molecule has 2 aromatic carbocycles. The second-order valence-electron chi connectivity index (χ2n) is 4.84. The molecule has 0 unspecified atom stereocenters. The summed E-state index contributed by atoms with van der Waals surface area (Å²) in [6.07, 6.45) is 0.957. The standard InChI is InChI=1S/C16H16FN3O/c17-13-3-1-4-14(15(13)16-18-9-2-10-19-16)20-11-5-7-12(21)8-6-11/h1,3-8,20-21H,2,9-10H2,(H,18,19). The molecule has 1 aliphatic heterocycles. The largest absolute Gasteiger partial charge is 0.508 e. The zero-order valence-corrected chi connectivity index (χ0v) is 11.4. The number of halogens is 1. The van der Waals surface area contributed by atoms with Crippen molar-refractivity contribution in [3.05, 3.63) is 53.8 Å². The number of phenolic OH excluding ortho intramolecular Hbond substituents is 1. The van der Waals surface area contributed by atoms with Crippen molar-refractivity contribution in [2.24, 2.45) is 4.99 Å². The summed E-state index contributed by atoms with van der Waals surface area (Å²) in [7, 11) is 0. The molecule has 4 nitrogen and oxygen atoms in total. The highest BCUT2D eigenvalue weighted by Gasteiger charge is 2.16. The van der Waals surface area contributed by atoms with Gasteiger partial charge in [0.25, 0.3) is 0 Å². The third-order valence-corrected chi connectivity index (χ3v) is 3.29. The molecular formula is C16H16FN3O. The number of aliphatic imine (C=N–C) groups is 1. The second-order valence-corrected chi connectivity index (χ2v) is 4.84. The molecule has 0 aromatic heterocycles. The first-order valence-corrected chi connectivity index (χ1v) is 6.87. The van der Waals surface area contributed by atoms with E-state index in [1.165, 1.54) is 6.07 Å². The fourth-order valence-electron chi connectivity index (χ4n) is 2.27. The number of nitrogens with zero attached hydrogens (tertiary/aromatic N) is 1. The zero-order chi connectivity index (χ0) is 14.7. The number of nitrogens with one attached hydrogen (secondary N) is 2. The molecule has 0 spiro atoms. The number of hydrogen-bond donors (Lipinski definition) is 3. The maximum Gasteiger partial charge on any atom is 0.136 e. The molecule has 2 aromatic rings. The lowest BCUT2D eigenvalue weighted by Gasteiger charge is -2.19. The van der Waals surface area contributed by atoms with E-state index in [-0.39, 0.29) is 11.6 Å². The van der Waals surface area contributed by atoms with Crippen molar-refractivity contribution in [2.75, 3.05) is 18.4 Å². The molecule has 108 valence electrons. The van der Waals surface area contributed by atoms with Gasteiger partial charge in [-0.3, -0.25) is 4.99 Å². The molecule has 0 aliphatic carbocycles. The summed E-state index contributed by atoms with van der Waals surface area (Å²) in [4.78, 5) is 4.36. The van der Waals surface area contributed by atoms with E-state index in [0.717, 1.165) is 18.7 Å². The van der Waals surface area contributed by atoms with E-state index in [0.29, 0.717) is 23.6 Å². The minimum absolute atomic E-state index is 0.193. The summed E-state index contributed by atoms with van der Waals surface area (Å²) in [6.45, 7) is 1.50. The van der Waals surface area contributed by atoms with Gasteiger partial charge in [0.1, 0.15) is 17.4 Å². The predicted octanol–water partition coefficient (Wildman–Crippen LogP) is 3.01. The Labute approximate surface area is 122 Å². The van der Waals surface area contributed by atoms with E-state index in [9.17, 15) is 9.50 Å². The maximum atomic E-state index is 14.2. The summed E-state index contributed by atoms with van der Waals surface area (Å²) in [5, 5.41) is 15.6. The first-order valence-electron chi connectivity index (χ1n) is 6.87. The van der Waals surface area contributed by atoms with Gasteiger partial charge in [-0.25, -0.2) is 4.39 Å². The van der Waals surface area contributed by atoms with Gasteiger partial charge in [-0.1, -0.05) is 6.07 Å². The first-order chi connectivity index (χ1) is 10.2. The summed E-state index contributed by atoms with van der Waals surface area (Å²) < 4.78 is 14.2. The molecule has 0 fully saturated rings. The molecule has 1 heterocycles. The molecule has 0 saturated heterocycles. The SMILES string of the molecule is Oc1ccc(Nc2cccc(F)c2C2=NCCCN2)cc1. The smallest absolute Gasteiger partial charge is 0.136 e. The van der Waals surface area contributed by atoms with Crippen molar-refractivity contribution in [1.82, 2.24) is 5.32 Å². The Morgan fingerprint density at radius 2 is 1.95 bits per heavy atom. The van der Waals surface area contributed by atoms with E-state index >= 15 is 0 Å². The number of rotatable bonds is 3. The molecule has 0 amide bonds. The lowest BCUT2D eigenvalue weighted by molar-refractivity contribution is 0.475. The minimum Gasteiger partial charge on any atom is -0.508 e. The van der Waals surface area contributed by atoms with E-state index in [2.05, 4.69) is 15.6 Å². The highest BCUT2D eigenvalue weighted by molar-refractivity contribution is 6.04. The Bertz CT molecular complexity index is 668. The Morgan fingerprint density at radius 3 is 2.67 bits per heavy atom. The zero-order valence-electron chi connectivity index (χ0n) is 11.4. The molecule has 0 saturated carbocycles. The van der Waals surface area contributed by atoms with Crippen LogP contribution in [0.5, 0.6) is 5.75 Å². The van der Waals surface area contributed by atoms with Gasteiger partial charge in [0.2, 0.25) is 0 Å². The Kier molecular flexibility index (Phi) is 3.73. The van der Waals surface area contributed by atoms with Gasteiger partial charge in [-0.15, -0.1) is 0 Å². The van der Waals surface area contributed by atoms with Crippen molar-refractivity contribution in [2.45, 2.75) is 6.42 Å². The average Bonchev–Trinajstić information content (AvgIpc) is 2.51. The normalized spacial score (nSPS) is 14.2. The topological polar surface area (TPSA) is 56.6 Å². The van der Waals surface area contributed by atoms with Gasteiger partial charge in [-0.2, -0.15) is 0 Å². The molecular weight excluding hydrogens is 269 g/mol. The summed E-state index contributed by atoms with van der Waals surface area (Å²) in [5.74, 6) is 0.464. The van der Waals surface area contributed by atoms with Crippen LogP contribution in [0.1, 0.15) is 12.0 Å². The molecule has 3 rings (SSSR count). The first kappa shape index (κ1) is 13.4. The van der Waals surface area contributed by atoms with Gasteiger partial charge in [0, 0.05) is 18.8 Å². The minimum atomic E-state index is -0.313. The molecule has 0 atom stereocenters. The number of aromatic hydroxyl groups is 1. The molecule has 0 radical (unpaired) electrons. The third kappa shape index (κ3) is 2.97. The summed E-state index contributed by atoms with van der Waals surface area (Å²) in [6, 6.07) is 11.5. The molecule has 1 aliphatic rings. The maximum absolute atomic E-state index is 14.2. The lowest BCUT2D eigenvalue weighted by atomic mass is 10.1. The number of anilines is 2. The van der Waals surface area contributed by atoms with Crippen LogP contribution in [0.2, 0.25) is 0 Å². The highest BCUT2D eigenvalue weighted by Crippen LogP contribution is 2.25. The Hall–Kier alpha value is -2.56. The molecule has 3 N–H and O–H groups in total. The van der Waals surface area contributed by atoms with Gasteiger partial charge < -0.3 is 15.7 Å². The highest BCUT2D eigenvalue weighted by atomic mass is 19.1. The van der Waals surface area contributed by atoms with Gasteiger partial charge in [-0.05, 0) is 42.8 Å². The molecule has 0 bridgehead atoms. The van der Waals surface area contributed by atoms with Gasteiger partial charge in [0.15, 0.2) is 0 Å². The third-order valence-electron chi connectivity index (χ3n) is 3.29. The average molecular weight is 285 g/mol. The monoisotopic (exact) mass is 285 g/mol. The van der Waals surface area contributed by atoms with Gasteiger partial charge >= 0.3 is 0 Å². The van der Waals surface area contributed by atoms with Crippen molar-refractivity contribution < 1.29 is 9.50 Å². The fraction of sp³-hybridized carbons (Fsp3) is 0.188. The predicted molar refractivity (Wildman–Crippen MR) is 81.8 cm³/mol. The van der Waals surface area contributed by atoms with Crippen molar-refractivity contribution in [3.8, 4) is 5.75 Å². The van der Waals surface area contributed by atoms with Crippen LogP contribution in [0.25, 0.3) is 0 Å². The molecule has 21 heavy (non-hydrogen) atoms. The van der Waals surface area contributed by atoms with E-state index in [1.807, 2.05) is 6.07 Å². The molecule has 5 heteroatoms. The fourth-order valence-corrected chi connectivity index (χ4v) is 2.27. The summed E-state index contributed by atoms with van der Waals surface area (Å²) >= 11 is 0. The van der Waals surface area contributed by atoms with Crippen LogP contribution in [0.3, 0.4) is 0 Å². The quantitative estimate of drug-likeness (QED) is 0.760. The van der Waals surface area contributed by atoms with Crippen molar-refractivity contribution in [1.29, 1.82) is 0 Å². The van der Waals surface area contributed by atoms with Crippen molar-refractivity contribution in [3.63, 3.8) is 0 Å². The Morgan fingerprint density at radius 1 is 1.14 bits per heavy atom. The van der Waals surface area contributed by atoms with Crippen LogP contribution in [-0.2, 0) is 0 Å².